The first-order valence-corrected chi connectivity index (χ1v) is 2.24. The third-order valence-corrected chi connectivity index (χ3v) is 0. The number of hydrogen-bond donors (Lipinski definition) is 0. The van der Waals surface area contributed by atoms with Crippen LogP contribution in [0, 0.1) is 0 Å². The normalized spacial score (nSPS) is 3.00. The molecule has 4 heavy (non-hydrogen) atoms. The van der Waals surface area contributed by atoms with Gasteiger partial charge in [-0.2, -0.15) is 0 Å². The van der Waals surface area contributed by atoms with Crippen molar-refractivity contribution in [2.45, 2.75) is 0 Å². The summed E-state index contributed by atoms with van der Waals surface area (Å²) in [4.78, 5) is 0. The van der Waals surface area contributed by atoms with Gasteiger partial charge in [0.2, 0.25) is 0 Å². The fraction of sp³-hybridized carbons (Fsp3) is 0. The summed E-state index contributed by atoms with van der Waals surface area (Å²) in [5.41, 5.74) is 0. The van der Waals surface area contributed by atoms with Crippen molar-refractivity contribution >= 4 is 45.3 Å². The third-order valence-electron chi connectivity index (χ3n) is 0. The molecule has 0 atom stereocenters. The zero-order valence-electron chi connectivity index (χ0n) is 1.93. The summed E-state index contributed by atoms with van der Waals surface area (Å²) >= 11 is -2.03. The number of rotatable bonds is 0. The van der Waals surface area contributed by atoms with Gasteiger partial charge in [0.25, 0.3) is 0 Å². The predicted molar refractivity (Wildman–Crippen MR) is 17.1 cm³/mol. The van der Waals surface area contributed by atoms with E-state index in [1.807, 2.05) is 0 Å². The Labute approximate surface area is 51.2 Å². The van der Waals surface area contributed by atoms with Gasteiger partial charge in [0.1, 0.15) is 0 Å². The van der Waals surface area contributed by atoms with Crippen molar-refractivity contribution in [3.8, 4) is 0 Å². The van der Waals surface area contributed by atoms with Crippen LogP contribution in [0.4, 0.5) is 0 Å². The molecule has 0 aliphatic heterocycles. The van der Waals surface area contributed by atoms with Crippen molar-refractivity contribution in [2.24, 2.45) is 0 Å². The van der Waals surface area contributed by atoms with Crippen LogP contribution >= 0.6 is 0 Å². The Bertz CT molecular complexity index is 27.0. The molecule has 0 rings (SSSR count). The molecule has 0 aromatic carbocycles. The molecule has 0 aliphatic rings. The molecule has 2 nitrogen and oxygen atoms in total. The molecule has 0 bridgehead atoms. The van der Waals surface area contributed by atoms with Crippen LogP contribution in [-0.4, -0.2) is 45.3 Å². The second-order valence-electron chi connectivity index (χ2n) is 0.0680. The second-order valence-corrected chi connectivity index (χ2v) is 0.456. The van der Waals surface area contributed by atoms with Gasteiger partial charge in [0, 0.05) is 0 Å². The van der Waals surface area contributed by atoms with Gasteiger partial charge in [-0.1, -0.05) is 0 Å². The molecule has 0 aromatic heterocycles. The fourth-order valence-electron chi connectivity index (χ4n) is 0. The summed E-state index contributed by atoms with van der Waals surface area (Å²) in [5, 5.41) is 0. The van der Waals surface area contributed by atoms with E-state index in [0.717, 1.165) is 0 Å². The van der Waals surface area contributed by atoms with Crippen LogP contribution in [-0.2, 0) is 6.21 Å². The van der Waals surface area contributed by atoms with Crippen LogP contribution in [0.2, 0.25) is 0 Å². The molecule has 0 fully saturated rings. The van der Waals surface area contributed by atoms with Gasteiger partial charge in [-0.15, -0.1) is 0 Å². The number of hydrogen-bond acceptors (Lipinski definition) is 2. The van der Waals surface area contributed by atoms with Crippen LogP contribution in [0.15, 0.2) is 0 Å². The Balaban J connectivity index is 0. The average molecular weight is 284 g/mol. The molecule has 0 saturated carbocycles. The van der Waals surface area contributed by atoms with E-state index in [1.165, 1.54) is 0 Å². The van der Waals surface area contributed by atoms with E-state index in [4.69, 9.17) is 6.21 Å². The van der Waals surface area contributed by atoms with Crippen molar-refractivity contribution in [2.75, 3.05) is 0 Å². The van der Waals surface area contributed by atoms with Crippen LogP contribution in [0.3, 0.4) is 0 Å². The van der Waals surface area contributed by atoms with Gasteiger partial charge in [-0.05, 0) is 0 Å². The zero-order chi connectivity index (χ0) is 2.71. The summed E-state index contributed by atoms with van der Waals surface area (Å²) < 4.78 is 17.0. The first-order valence-electron chi connectivity index (χ1n) is 0.333. The summed E-state index contributed by atoms with van der Waals surface area (Å²) in [5.74, 6) is 0. The average Bonchev–Trinajstić information content (AvgIpc) is 0.918. The van der Waals surface area contributed by atoms with E-state index >= 15 is 0 Å². The van der Waals surface area contributed by atoms with Gasteiger partial charge in [0.15, 0.2) is 0 Å². The standard InChI is InChI=1S/O2Te.Sb.3H/c1-3-2;;;;. The molecule has 0 N–H and O–H groups in total. The molecule has 26 valence electrons. The van der Waals surface area contributed by atoms with Gasteiger partial charge >= 0.3 is 51.5 Å². The van der Waals surface area contributed by atoms with E-state index in [9.17, 15) is 0 Å². The van der Waals surface area contributed by atoms with E-state index in [1.54, 1.807) is 0 Å². The second kappa shape index (κ2) is 8.88. The van der Waals surface area contributed by atoms with Gasteiger partial charge in [-0.25, -0.2) is 0 Å². The SMILES string of the molecule is O=[Te]=O.[SbH3]. The summed E-state index contributed by atoms with van der Waals surface area (Å²) in [7, 11) is 0. The minimum atomic E-state index is -2.03. The van der Waals surface area contributed by atoms with E-state index in [0.29, 0.717) is 0 Å². The van der Waals surface area contributed by atoms with Gasteiger partial charge < -0.3 is 0 Å². The van der Waals surface area contributed by atoms with Crippen LogP contribution in [0.5, 0.6) is 0 Å². The molecule has 0 radical (unpaired) electrons. The molecule has 0 saturated heterocycles. The Hall–Kier alpha value is 1.21. The van der Waals surface area contributed by atoms with Gasteiger partial charge in [-0.3, -0.25) is 0 Å². The van der Waals surface area contributed by atoms with Crippen LogP contribution < -0.4 is 0 Å². The Morgan fingerprint density at radius 1 is 1.25 bits per heavy atom. The van der Waals surface area contributed by atoms with Crippen molar-refractivity contribution in [1.82, 2.24) is 0 Å². The summed E-state index contributed by atoms with van der Waals surface area (Å²) in [6, 6.07) is 0. The fourth-order valence-corrected chi connectivity index (χ4v) is 0. The molecule has 0 aromatic rings. The molecule has 0 heterocycles. The third kappa shape index (κ3) is 10.7. The Morgan fingerprint density at radius 2 is 1.25 bits per heavy atom. The first kappa shape index (κ1) is 8.96. The molecule has 4 heteroatoms. The minimum absolute atomic E-state index is 0. The van der Waals surface area contributed by atoms with Crippen molar-refractivity contribution in [1.29, 1.82) is 0 Å². The van der Waals surface area contributed by atoms with Gasteiger partial charge in [0.05, 0.1) is 0 Å². The Kier molecular flexibility index (Phi) is 19.9. The molecule has 0 spiro atoms. The van der Waals surface area contributed by atoms with Crippen LogP contribution in [0.1, 0.15) is 0 Å². The molecule has 0 aliphatic carbocycles. The predicted octanol–water partition coefficient (Wildman–Crippen LogP) is -1.80. The molecule has 0 unspecified atom stereocenters. The van der Waals surface area contributed by atoms with Crippen LogP contribution in [0.25, 0.3) is 0 Å². The summed E-state index contributed by atoms with van der Waals surface area (Å²) in [6.45, 7) is 0. The quantitative estimate of drug-likeness (QED) is 0.492. The van der Waals surface area contributed by atoms with Crippen molar-refractivity contribution < 1.29 is 6.21 Å². The topological polar surface area (TPSA) is 34.1 Å². The monoisotopic (exact) mass is 286 g/mol. The van der Waals surface area contributed by atoms with Crippen molar-refractivity contribution in [3.05, 3.63) is 0 Å². The van der Waals surface area contributed by atoms with E-state index in [-0.39, 0.29) is 24.4 Å². The maximum absolute atomic E-state index is 8.50. The molecular weight excluding hydrogens is 281 g/mol. The Morgan fingerprint density at radius 3 is 1.25 bits per heavy atom. The molecule has 0 amide bonds. The van der Waals surface area contributed by atoms with Crippen molar-refractivity contribution in [3.63, 3.8) is 0 Å². The summed E-state index contributed by atoms with van der Waals surface area (Å²) in [6.07, 6.45) is 0. The zero-order valence-corrected chi connectivity index (χ0v) is 8.30. The van der Waals surface area contributed by atoms with E-state index in [2.05, 4.69) is 0 Å². The first-order chi connectivity index (χ1) is 1.41. The maximum atomic E-state index is 8.50. The molecular formula is H3O2SbTe. The van der Waals surface area contributed by atoms with E-state index < -0.39 is 20.9 Å².